The number of thioether (sulfide) groups is 1. The highest BCUT2D eigenvalue weighted by Crippen LogP contribution is 2.54. The van der Waals surface area contributed by atoms with Crippen molar-refractivity contribution in [2.45, 2.75) is 23.1 Å². The van der Waals surface area contributed by atoms with Crippen molar-refractivity contribution in [1.29, 1.82) is 0 Å². The van der Waals surface area contributed by atoms with E-state index < -0.39 is 40.6 Å². The van der Waals surface area contributed by atoms with Crippen LogP contribution < -0.4 is 19.8 Å². The number of benzene rings is 3. The maximum Gasteiger partial charge on any atom is 0.305 e. The molecule has 0 saturated carbocycles. The Kier molecular flexibility index (Phi) is 7.18. The van der Waals surface area contributed by atoms with Gasteiger partial charge < -0.3 is 15.0 Å². The van der Waals surface area contributed by atoms with Gasteiger partial charge in [0.05, 0.1) is 16.6 Å². The molecule has 0 spiro atoms. The number of halogens is 2. The van der Waals surface area contributed by atoms with Crippen LogP contribution in [0.1, 0.15) is 21.9 Å². The first kappa shape index (κ1) is 27.3. The summed E-state index contributed by atoms with van der Waals surface area (Å²) in [6.45, 7) is 1.58. The van der Waals surface area contributed by atoms with Crippen molar-refractivity contribution in [3.8, 4) is 5.75 Å². The van der Waals surface area contributed by atoms with Gasteiger partial charge in [-0.1, -0.05) is 46.8 Å². The number of aromatic amines is 1. The molecule has 0 aliphatic carbocycles. The van der Waals surface area contributed by atoms with Crippen molar-refractivity contribution in [2.24, 2.45) is 5.92 Å². The number of nitrogens with one attached hydrogen (secondary N) is 2. The first-order chi connectivity index (χ1) is 19.7. The molecule has 0 unspecified atom stereocenters. The molecule has 1 aromatic heterocycles. The number of anilines is 2. The zero-order valence-electron chi connectivity index (χ0n) is 21.4. The SMILES string of the molecule is Cc1cccc(NC(=O)COc2ccc(Cl)cc2[C@@H]2c3sc(=O)[nH]c3S[C@H]3C(=O)N(c4ccc(F)cc4)C(=O)[C@@H]23)c1. The van der Waals surface area contributed by atoms with E-state index in [2.05, 4.69) is 10.3 Å². The zero-order chi connectivity index (χ0) is 28.8. The normalized spacial score (nSPS) is 19.6. The average Bonchev–Trinajstić information content (AvgIpc) is 3.42. The van der Waals surface area contributed by atoms with E-state index in [1.165, 1.54) is 24.3 Å². The molecule has 8 nitrogen and oxygen atoms in total. The molecule has 0 radical (unpaired) electrons. The Morgan fingerprint density at radius 2 is 1.85 bits per heavy atom. The third kappa shape index (κ3) is 5.16. The van der Waals surface area contributed by atoms with Gasteiger partial charge in [0.2, 0.25) is 11.8 Å². The Hall–Kier alpha value is -3.93. The maximum absolute atomic E-state index is 13.9. The molecule has 3 amide bonds. The fourth-order valence-electron chi connectivity index (χ4n) is 5.15. The van der Waals surface area contributed by atoms with Crippen molar-refractivity contribution in [3.63, 3.8) is 0 Å². The molecule has 2 aliphatic heterocycles. The Bertz CT molecular complexity index is 1760. The standard InChI is InChI=1S/C29H21ClFN3O5S2/c1-14-3-2-4-17(11-14)32-21(35)13-39-20-10-5-15(30)12-19(20)22-23-25(40-26-24(22)41-29(38)33-26)28(37)34(27(23)36)18-8-6-16(31)7-9-18/h2-12,22-23,25H,13H2,1H3,(H,32,35)(H,33,38)/t22-,23-,25+/m0/s1. The first-order valence-corrected chi connectivity index (χ1v) is 14.6. The highest BCUT2D eigenvalue weighted by molar-refractivity contribution is 8.00. The van der Waals surface area contributed by atoms with Crippen molar-refractivity contribution in [1.82, 2.24) is 4.98 Å². The maximum atomic E-state index is 13.9. The number of aryl methyl sites for hydroxylation is 1. The summed E-state index contributed by atoms with van der Waals surface area (Å²) < 4.78 is 19.5. The molecule has 208 valence electrons. The number of amides is 3. The number of ether oxygens (including phenoxy) is 1. The molecule has 0 bridgehead atoms. The van der Waals surface area contributed by atoms with Gasteiger partial charge in [0.1, 0.15) is 16.8 Å². The van der Waals surface area contributed by atoms with Crippen molar-refractivity contribution in [2.75, 3.05) is 16.8 Å². The summed E-state index contributed by atoms with van der Waals surface area (Å²) in [5.74, 6) is -3.23. The number of H-pyrrole nitrogens is 1. The first-order valence-electron chi connectivity index (χ1n) is 12.5. The Labute approximate surface area is 246 Å². The summed E-state index contributed by atoms with van der Waals surface area (Å²) in [7, 11) is 0. The van der Waals surface area contributed by atoms with Crippen molar-refractivity contribution >= 4 is 63.8 Å². The molecule has 1 fully saturated rings. The lowest BCUT2D eigenvalue weighted by Crippen LogP contribution is -2.32. The molecular weight excluding hydrogens is 589 g/mol. The number of fused-ring (bicyclic) bond motifs is 2. The highest BCUT2D eigenvalue weighted by atomic mass is 35.5. The minimum absolute atomic E-state index is 0.252. The van der Waals surface area contributed by atoms with Crippen LogP contribution in [0.15, 0.2) is 76.6 Å². The molecule has 1 saturated heterocycles. The summed E-state index contributed by atoms with van der Waals surface area (Å²) in [5, 5.41) is 2.77. The van der Waals surface area contributed by atoms with Crippen LogP contribution in [0.5, 0.6) is 5.75 Å². The Morgan fingerprint density at radius 3 is 2.61 bits per heavy atom. The van der Waals surface area contributed by atoms with E-state index in [0.717, 1.165) is 33.6 Å². The summed E-state index contributed by atoms with van der Waals surface area (Å²) in [4.78, 5) is 56.7. The third-order valence-electron chi connectivity index (χ3n) is 6.88. The van der Waals surface area contributed by atoms with E-state index in [1.54, 1.807) is 24.3 Å². The lowest BCUT2D eigenvalue weighted by atomic mass is 9.82. The fourth-order valence-corrected chi connectivity index (χ4v) is 7.84. The van der Waals surface area contributed by atoms with Gasteiger partial charge in [-0.3, -0.25) is 19.2 Å². The van der Waals surface area contributed by atoms with E-state index >= 15 is 0 Å². The second-order valence-corrected chi connectivity index (χ2v) is 12.2. The lowest BCUT2D eigenvalue weighted by molar-refractivity contribution is -0.122. The minimum atomic E-state index is -0.904. The quantitative estimate of drug-likeness (QED) is 0.285. The van der Waals surface area contributed by atoms with E-state index in [9.17, 15) is 23.6 Å². The molecule has 41 heavy (non-hydrogen) atoms. The van der Waals surface area contributed by atoms with Gasteiger partial charge in [0.25, 0.3) is 5.91 Å². The number of carbonyl (C=O) groups excluding carboxylic acids is 3. The van der Waals surface area contributed by atoms with Gasteiger partial charge in [0.15, 0.2) is 6.61 Å². The van der Waals surface area contributed by atoms with Crippen LogP contribution in [0.3, 0.4) is 0 Å². The van der Waals surface area contributed by atoms with Crippen molar-refractivity contribution in [3.05, 3.63) is 103 Å². The topological polar surface area (TPSA) is 109 Å². The van der Waals surface area contributed by atoms with Crippen LogP contribution in [0, 0.1) is 18.7 Å². The van der Waals surface area contributed by atoms with Gasteiger partial charge in [0, 0.05) is 27.1 Å². The highest BCUT2D eigenvalue weighted by Gasteiger charge is 2.56. The molecular formula is C29H21ClFN3O5S2. The summed E-state index contributed by atoms with van der Waals surface area (Å²) in [6, 6.07) is 17.3. The van der Waals surface area contributed by atoms with Crippen LogP contribution in [0.2, 0.25) is 5.02 Å². The number of hydrogen-bond donors (Lipinski definition) is 2. The molecule has 3 heterocycles. The van der Waals surface area contributed by atoms with Crippen LogP contribution in [0.4, 0.5) is 15.8 Å². The van der Waals surface area contributed by atoms with Gasteiger partial charge in [-0.15, -0.1) is 0 Å². The van der Waals surface area contributed by atoms with E-state index in [4.69, 9.17) is 16.3 Å². The molecule has 4 aromatic rings. The Balaban J connectivity index is 1.36. The van der Waals surface area contributed by atoms with Gasteiger partial charge in [-0.2, -0.15) is 0 Å². The number of thiazole rings is 1. The van der Waals surface area contributed by atoms with Crippen LogP contribution in [0.25, 0.3) is 0 Å². The van der Waals surface area contributed by atoms with Crippen LogP contribution >= 0.6 is 34.7 Å². The van der Waals surface area contributed by atoms with Crippen LogP contribution in [-0.2, 0) is 14.4 Å². The number of nitrogens with zero attached hydrogens (tertiary/aromatic N) is 1. The lowest BCUT2D eigenvalue weighted by Gasteiger charge is -2.31. The molecule has 12 heteroatoms. The second kappa shape index (κ2) is 10.8. The summed E-state index contributed by atoms with van der Waals surface area (Å²) >= 11 is 8.46. The summed E-state index contributed by atoms with van der Waals surface area (Å²) in [5.41, 5.74) is 2.33. The fraction of sp³-hybridized carbons (Fsp3) is 0.172. The monoisotopic (exact) mass is 609 g/mol. The molecule has 6 rings (SSSR count). The van der Waals surface area contributed by atoms with Crippen LogP contribution in [-0.4, -0.2) is 34.6 Å². The van der Waals surface area contributed by atoms with E-state index in [-0.39, 0.29) is 22.9 Å². The average molecular weight is 610 g/mol. The number of carbonyl (C=O) groups is 3. The number of imide groups is 1. The predicted molar refractivity (Wildman–Crippen MR) is 156 cm³/mol. The Morgan fingerprint density at radius 1 is 1.07 bits per heavy atom. The third-order valence-corrected chi connectivity index (χ3v) is 9.51. The van der Waals surface area contributed by atoms with Crippen molar-refractivity contribution < 1.29 is 23.5 Å². The van der Waals surface area contributed by atoms with Gasteiger partial charge in [-0.25, -0.2) is 9.29 Å². The van der Waals surface area contributed by atoms with E-state index in [1.807, 2.05) is 25.1 Å². The molecule has 2 aliphatic rings. The number of rotatable bonds is 6. The van der Waals surface area contributed by atoms with Gasteiger partial charge >= 0.3 is 4.87 Å². The zero-order valence-corrected chi connectivity index (χ0v) is 23.7. The molecule has 2 N–H and O–H groups in total. The minimum Gasteiger partial charge on any atom is -0.483 e. The van der Waals surface area contributed by atoms with E-state index in [0.29, 0.717) is 26.2 Å². The molecule has 3 aromatic carbocycles. The smallest absolute Gasteiger partial charge is 0.305 e. The molecule has 3 atom stereocenters. The number of aromatic nitrogens is 1. The number of hydrogen-bond acceptors (Lipinski definition) is 7. The van der Waals surface area contributed by atoms with Gasteiger partial charge in [-0.05, 0) is 67.1 Å². The largest absolute Gasteiger partial charge is 0.483 e. The second-order valence-electron chi connectivity index (χ2n) is 9.63. The summed E-state index contributed by atoms with van der Waals surface area (Å²) in [6.07, 6.45) is 0. The predicted octanol–water partition coefficient (Wildman–Crippen LogP) is 5.35.